The number of hydrogen-bond acceptors (Lipinski definition) is 8. The number of ether oxygens (including phenoxy) is 1. The van der Waals surface area contributed by atoms with Crippen LogP contribution in [0.5, 0.6) is 5.88 Å². The van der Waals surface area contributed by atoms with Crippen LogP contribution in [-0.4, -0.2) is 89.0 Å². The number of rotatable bonds is 6. The first-order valence-corrected chi connectivity index (χ1v) is 11.9. The van der Waals surface area contributed by atoms with Gasteiger partial charge in [-0.25, -0.2) is 9.37 Å². The van der Waals surface area contributed by atoms with Gasteiger partial charge in [0.25, 0.3) is 17.6 Å². The number of methoxy groups -OCH3 is 1. The van der Waals surface area contributed by atoms with E-state index >= 15 is 0 Å². The van der Waals surface area contributed by atoms with E-state index in [1.807, 2.05) is 0 Å². The van der Waals surface area contributed by atoms with E-state index < -0.39 is 11.7 Å². The van der Waals surface area contributed by atoms with E-state index in [0.717, 1.165) is 30.1 Å². The number of likely N-dealkylation sites (N-methyl/N-ethyl adjacent to an activating group) is 1. The predicted octanol–water partition coefficient (Wildman–Crippen LogP) is 2.46. The van der Waals surface area contributed by atoms with Crippen LogP contribution in [0.1, 0.15) is 32.8 Å². The van der Waals surface area contributed by atoms with Crippen molar-refractivity contribution in [2.45, 2.75) is 13.0 Å². The van der Waals surface area contributed by atoms with Gasteiger partial charge in [-0.15, -0.1) is 0 Å². The summed E-state index contributed by atoms with van der Waals surface area (Å²) in [6, 6.07) is 7.98. The smallest absolute Gasteiger partial charge is 0.296 e. The van der Waals surface area contributed by atoms with Gasteiger partial charge in [0.15, 0.2) is 0 Å². The van der Waals surface area contributed by atoms with Gasteiger partial charge in [-0.05, 0) is 41.7 Å². The third-order valence-corrected chi connectivity index (χ3v) is 6.62. The van der Waals surface area contributed by atoms with Gasteiger partial charge in [-0.3, -0.25) is 19.3 Å². The van der Waals surface area contributed by atoms with Crippen LogP contribution in [0.25, 0.3) is 10.2 Å². The summed E-state index contributed by atoms with van der Waals surface area (Å²) in [6.07, 6.45) is 0.770. The van der Waals surface area contributed by atoms with E-state index in [-0.39, 0.29) is 28.9 Å². The van der Waals surface area contributed by atoms with Gasteiger partial charge in [0.2, 0.25) is 5.88 Å². The molecule has 0 radical (unpaired) electrons. The fourth-order valence-corrected chi connectivity index (χ4v) is 4.72. The number of aromatic nitrogens is 2. The second-order valence-corrected chi connectivity index (χ2v) is 9.26. The van der Waals surface area contributed by atoms with Crippen LogP contribution in [0.4, 0.5) is 4.39 Å². The first kappa shape index (κ1) is 24.7. The number of halogens is 1. The third kappa shape index (κ3) is 5.30. The molecule has 1 saturated heterocycles. The molecule has 0 unspecified atom stereocenters. The number of amides is 2. The first-order chi connectivity index (χ1) is 16.8. The number of ketones is 1. The molecule has 0 bridgehead atoms. The van der Waals surface area contributed by atoms with E-state index in [1.54, 1.807) is 23.1 Å². The average Bonchev–Trinajstić information content (AvgIpc) is 3.13. The Balaban J connectivity index is 1.55. The summed E-state index contributed by atoms with van der Waals surface area (Å²) in [5, 5.41) is 0.354. The lowest BCUT2D eigenvalue weighted by Crippen LogP contribution is -2.35. The maximum atomic E-state index is 13.5. The molecule has 3 heterocycles. The number of pyridine rings is 1. The van der Waals surface area contributed by atoms with Crippen molar-refractivity contribution >= 4 is 39.3 Å². The zero-order valence-electron chi connectivity index (χ0n) is 19.8. The third-order valence-electron chi connectivity index (χ3n) is 5.87. The molecule has 3 aromatic rings. The lowest BCUT2D eigenvalue weighted by Gasteiger charge is -2.22. The molecule has 35 heavy (non-hydrogen) atoms. The van der Waals surface area contributed by atoms with E-state index in [0.29, 0.717) is 36.4 Å². The quantitative estimate of drug-likeness (QED) is 0.380. The van der Waals surface area contributed by atoms with Gasteiger partial charge in [0.05, 0.1) is 7.11 Å². The summed E-state index contributed by atoms with van der Waals surface area (Å²) in [5.74, 6) is -1.83. The molecule has 1 fully saturated rings. The molecule has 4 rings (SSSR count). The topological polar surface area (TPSA) is 95.9 Å². The molecule has 0 atom stereocenters. The Labute approximate surface area is 206 Å². The molecule has 0 saturated carbocycles. The highest BCUT2D eigenvalue weighted by Gasteiger charge is 2.28. The largest absolute Gasteiger partial charge is 0.480 e. The van der Waals surface area contributed by atoms with Gasteiger partial charge in [-0.2, -0.15) is 4.37 Å². The van der Waals surface area contributed by atoms with Gasteiger partial charge >= 0.3 is 0 Å². The van der Waals surface area contributed by atoms with Crippen LogP contribution in [0.2, 0.25) is 0 Å². The number of hydrogen-bond donors (Lipinski definition) is 0. The normalized spacial score (nSPS) is 14.6. The van der Waals surface area contributed by atoms with Crippen molar-refractivity contribution in [3.8, 4) is 5.88 Å². The Morgan fingerprint density at radius 2 is 1.86 bits per heavy atom. The molecular formula is C24H26FN5O4S. The molecule has 1 aliphatic rings. The molecule has 2 amide bonds. The van der Waals surface area contributed by atoms with Crippen molar-refractivity contribution in [3.63, 3.8) is 0 Å². The van der Waals surface area contributed by atoms with Gasteiger partial charge in [0, 0.05) is 52.2 Å². The zero-order valence-corrected chi connectivity index (χ0v) is 20.6. The maximum absolute atomic E-state index is 13.5. The first-order valence-electron chi connectivity index (χ1n) is 11.1. The lowest BCUT2D eigenvalue weighted by molar-refractivity contribution is -0.124. The van der Waals surface area contributed by atoms with Crippen LogP contribution in [0.15, 0.2) is 30.3 Å². The molecule has 1 aromatic carbocycles. The minimum Gasteiger partial charge on any atom is -0.480 e. The van der Waals surface area contributed by atoms with Gasteiger partial charge < -0.3 is 14.5 Å². The van der Waals surface area contributed by atoms with Gasteiger partial charge in [-0.1, -0.05) is 12.1 Å². The highest BCUT2D eigenvalue weighted by atomic mass is 32.1. The minimum atomic E-state index is -0.752. The number of carbonyl (C=O) groups excluding carboxylic acids is 3. The Bertz CT molecular complexity index is 1260. The Morgan fingerprint density at radius 3 is 2.54 bits per heavy atom. The van der Waals surface area contributed by atoms with Crippen molar-refractivity contribution in [1.29, 1.82) is 0 Å². The Morgan fingerprint density at radius 1 is 1.11 bits per heavy atom. The second kappa shape index (κ2) is 10.4. The number of carbonyl (C=O) groups is 3. The predicted molar refractivity (Wildman–Crippen MR) is 129 cm³/mol. The molecule has 2 aromatic heterocycles. The molecular weight excluding hydrogens is 473 g/mol. The van der Waals surface area contributed by atoms with E-state index in [4.69, 9.17) is 4.74 Å². The molecule has 184 valence electrons. The highest BCUT2D eigenvalue weighted by Crippen LogP contribution is 2.29. The Kier molecular flexibility index (Phi) is 7.37. The molecule has 0 spiro atoms. The number of fused-ring (bicyclic) bond motifs is 1. The zero-order chi connectivity index (χ0) is 25.1. The van der Waals surface area contributed by atoms with Crippen LogP contribution >= 0.6 is 11.5 Å². The van der Waals surface area contributed by atoms with E-state index in [1.165, 1.54) is 38.2 Å². The average molecular weight is 500 g/mol. The summed E-state index contributed by atoms with van der Waals surface area (Å²) in [4.78, 5) is 48.3. The summed E-state index contributed by atoms with van der Waals surface area (Å²) >= 11 is 0.975. The van der Waals surface area contributed by atoms with Crippen molar-refractivity contribution in [2.24, 2.45) is 0 Å². The fraction of sp³-hybridized carbons (Fsp3) is 0.375. The highest BCUT2D eigenvalue weighted by molar-refractivity contribution is 7.13. The van der Waals surface area contributed by atoms with E-state index in [9.17, 15) is 18.8 Å². The summed E-state index contributed by atoms with van der Waals surface area (Å²) in [5.41, 5.74) is 1.21. The SMILES string of the molecule is COc1nc2snc(C(=O)C(=O)N(C)C)c2cc1C(=O)N1CCCN(Cc2ccc(F)cc2)CC1. The molecule has 11 heteroatoms. The van der Waals surface area contributed by atoms with Crippen LogP contribution < -0.4 is 4.74 Å². The van der Waals surface area contributed by atoms with Gasteiger partial charge in [0.1, 0.15) is 21.9 Å². The summed E-state index contributed by atoms with van der Waals surface area (Å²) < 4.78 is 22.7. The molecule has 1 aliphatic heterocycles. The Hall–Kier alpha value is -3.44. The summed E-state index contributed by atoms with van der Waals surface area (Å²) in [7, 11) is 4.41. The lowest BCUT2D eigenvalue weighted by atomic mass is 10.1. The number of Topliss-reactive ketones (excluding diaryl/α,β-unsaturated/α-hetero) is 1. The summed E-state index contributed by atoms with van der Waals surface area (Å²) in [6.45, 7) is 3.17. The number of nitrogens with zero attached hydrogens (tertiary/aromatic N) is 5. The molecule has 9 nitrogen and oxygen atoms in total. The molecule has 0 aliphatic carbocycles. The fourth-order valence-electron chi connectivity index (χ4n) is 3.99. The van der Waals surface area contributed by atoms with Crippen molar-refractivity contribution in [1.82, 2.24) is 24.1 Å². The van der Waals surface area contributed by atoms with Crippen LogP contribution in [0, 0.1) is 5.82 Å². The second-order valence-electron chi connectivity index (χ2n) is 8.51. The van der Waals surface area contributed by atoms with Crippen molar-refractivity contribution in [2.75, 3.05) is 47.4 Å². The van der Waals surface area contributed by atoms with Crippen LogP contribution in [0.3, 0.4) is 0 Å². The van der Waals surface area contributed by atoms with Crippen LogP contribution in [-0.2, 0) is 11.3 Å². The maximum Gasteiger partial charge on any atom is 0.296 e. The van der Waals surface area contributed by atoms with E-state index in [2.05, 4.69) is 14.3 Å². The standard InChI is InChI=1S/C24H26FN5O4S/c1-28(2)24(33)20(31)19-17-13-18(21(34-3)26-22(17)35-27-19)23(32)30-10-4-9-29(11-12-30)14-15-5-7-16(25)8-6-15/h5-8,13H,4,9-12,14H2,1-3H3. The monoisotopic (exact) mass is 499 g/mol. The molecule has 0 N–H and O–H groups in total. The number of benzene rings is 1. The minimum absolute atomic E-state index is 0.0192. The van der Waals surface area contributed by atoms with Crippen molar-refractivity contribution < 1.29 is 23.5 Å². The van der Waals surface area contributed by atoms with Crippen molar-refractivity contribution in [3.05, 3.63) is 53.0 Å².